The maximum Gasteiger partial charge on any atom is 0.301 e. The Morgan fingerprint density at radius 3 is 2.36 bits per heavy atom. The lowest BCUT2D eigenvalue weighted by atomic mass is 9.97. The van der Waals surface area contributed by atoms with Crippen LogP contribution in [0.4, 0.5) is 4.39 Å². The predicted octanol–water partition coefficient (Wildman–Crippen LogP) is 4.00. The van der Waals surface area contributed by atoms with E-state index in [9.17, 15) is 14.0 Å². The van der Waals surface area contributed by atoms with Crippen LogP contribution in [0, 0.1) is 11.7 Å². The molecule has 2 aromatic carbocycles. The number of carbonyl (C=O) groups excluding carboxylic acids is 2. The van der Waals surface area contributed by atoms with Crippen molar-refractivity contribution in [3.05, 3.63) is 71.2 Å². The van der Waals surface area contributed by atoms with Gasteiger partial charge < -0.3 is 14.4 Å². The average molecular weight is 457 g/mol. The van der Waals surface area contributed by atoms with Gasteiger partial charge in [-0.25, -0.2) is 9.23 Å². The van der Waals surface area contributed by atoms with Gasteiger partial charge in [-0.05, 0) is 42.2 Å². The van der Waals surface area contributed by atoms with Crippen molar-refractivity contribution in [3.8, 4) is 5.75 Å². The zero-order valence-electron chi connectivity index (χ0n) is 19.3. The average Bonchev–Trinajstić information content (AvgIpc) is 2.80. The molecule has 7 nitrogen and oxygen atoms in total. The van der Waals surface area contributed by atoms with Gasteiger partial charge in [-0.15, -0.1) is 5.06 Å². The first-order chi connectivity index (χ1) is 15.8. The number of rotatable bonds is 9. The number of hydroxylamine groups is 2. The first kappa shape index (κ1) is 24.4. The Labute approximate surface area is 193 Å². The van der Waals surface area contributed by atoms with E-state index >= 15 is 0 Å². The highest BCUT2D eigenvalue weighted by molar-refractivity contribution is 6.09. The molecule has 33 heavy (non-hydrogen) atoms. The number of benzene rings is 2. The Morgan fingerprint density at radius 1 is 1.06 bits per heavy atom. The molecule has 0 aromatic heterocycles. The first-order valence-corrected chi connectivity index (χ1v) is 10.7. The third-order valence-electron chi connectivity index (χ3n) is 5.28. The number of imide groups is 1. The van der Waals surface area contributed by atoms with E-state index in [0.29, 0.717) is 12.2 Å². The molecule has 1 aliphatic heterocycles. The monoisotopic (exact) mass is 456 g/mol. The Kier molecular flexibility index (Phi) is 8.19. The molecule has 1 fully saturated rings. The third kappa shape index (κ3) is 5.77. The van der Waals surface area contributed by atoms with Crippen LogP contribution in [0.2, 0.25) is 0 Å². The van der Waals surface area contributed by atoms with Crippen LogP contribution >= 0.6 is 0 Å². The summed E-state index contributed by atoms with van der Waals surface area (Å²) in [7, 11) is 2.98. The molecule has 2 amide bonds. The quantitative estimate of drug-likeness (QED) is 0.323. The van der Waals surface area contributed by atoms with E-state index in [1.165, 1.54) is 19.3 Å². The van der Waals surface area contributed by atoms with Crippen molar-refractivity contribution in [2.24, 2.45) is 5.92 Å². The lowest BCUT2D eigenvalue weighted by Crippen LogP contribution is -2.58. The highest BCUT2D eigenvalue weighted by Gasteiger charge is 2.44. The lowest BCUT2D eigenvalue weighted by Gasteiger charge is -2.41. The van der Waals surface area contributed by atoms with Crippen LogP contribution in [0.5, 0.6) is 5.75 Å². The van der Waals surface area contributed by atoms with E-state index in [0.717, 1.165) is 10.6 Å². The first-order valence-electron chi connectivity index (χ1n) is 10.7. The Hall–Kier alpha value is -3.23. The molecule has 2 aromatic rings. The molecule has 0 aliphatic carbocycles. The fraction of sp³-hybridized carbons (Fsp3) is 0.360. The van der Waals surface area contributed by atoms with Crippen LogP contribution in [0.1, 0.15) is 31.4 Å². The van der Waals surface area contributed by atoms with Crippen molar-refractivity contribution in [2.75, 3.05) is 21.0 Å². The van der Waals surface area contributed by atoms with Crippen LogP contribution in [0.25, 0.3) is 6.08 Å². The van der Waals surface area contributed by atoms with Crippen molar-refractivity contribution >= 4 is 17.9 Å². The van der Waals surface area contributed by atoms with Gasteiger partial charge in [0.15, 0.2) is 6.79 Å². The number of carbonyl (C=O) groups is 2. The number of halogens is 1. The SMILES string of the molecule is COCON1C(=O)/C(=C/c2ccccc2F)N(Cc2ccc(OC)cc2)[C@@H](CC(C)C)C1=O. The topological polar surface area (TPSA) is 68.3 Å². The second-order valence-electron chi connectivity index (χ2n) is 8.15. The van der Waals surface area contributed by atoms with Gasteiger partial charge in [-0.1, -0.05) is 44.2 Å². The van der Waals surface area contributed by atoms with Gasteiger partial charge in [0.25, 0.3) is 5.91 Å². The molecule has 0 radical (unpaired) electrons. The summed E-state index contributed by atoms with van der Waals surface area (Å²) in [5.74, 6) is -0.767. The molecule has 1 atom stereocenters. The van der Waals surface area contributed by atoms with Crippen molar-refractivity contribution in [1.29, 1.82) is 0 Å². The number of piperazine rings is 1. The minimum atomic E-state index is -0.681. The molecule has 0 saturated carbocycles. The van der Waals surface area contributed by atoms with Gasteiger partial charge in [0.2, 0.25) is 0 Å². The molecule has 3 rings (SSSR count). The normalized spacial score (nSPS) is 17.9. The molecule has 1 heterocycles. The van der Waals surface area contributed by atoms with Crippen LogP contribution in [-0.4, -0.2) is 48.8 Å². The summed E-state index contributed by atoms with van der Waals surface area (Å²) in [4.78, 5) is 33.7. The molecular weight excluding hydrogens is 427 g/mol. The Morgan fingerprint density at radius 2 is 1.76 bits per heavy atom. The van der Waals surface area contributed by atoms with Crippen LogP contribution in [-0.2, 0) is 25.7 Å². The summed E-state index contributed by atoms with van der Waals surface area (Å²) in [6.45, 7) is 4.00. The number of hydrogen-bond acceptors (Lipinski definition) is 6. The van der Waals surface area contributed by atoms with Crippen molar-refractivity contribution in [3.63, 3.8) is 0 Å². The molecule has 0 bridgehead atoms. The van der Waals surface area contributed by atoms with E-state index in [4.69, 9.17) is 14.3 Å². The van der Waals surface area contributed by atoms with Gasteiger partial charge in [-0.3, -0.25) is 9.59 Å². The van der Waals surface area contributed by atoms with Crippen LogP contribution < -0.4 is 4.74 Å². The van der Waals surface area contributed by atoms with E-state index in [-0.39, 0.29) is 30.5 Å². The predicted molar refractivity (Wildman–Crippen MR) is 121 cm³/mol. The second kappa shape index (κ2) is 11.1. The number of ether oxygens (including phenoxy) is 2. The van der Waals surface area contributed by atoms with Crippen LogP contribution in [0.3, 0.4) is 0 Å². The van der Waals surface area contributed by atoms with Crippen LogP contribution in [0.15, 0.2) is 54.2 Å². The fourth-order valence-electron chi connectivity index (χ4n) is 3.67. The Bertz CT molecular complexity index is 1010. The third-order valence-corrected chi connectivity index (χ3v) is 5.28. The molecule has 0 N–H and O–H groups in total. The molecule has 0 unspecified atom stereocenters. The Balaban J connectivity index is 2.09. The minimum absolute atomic E-state index is 0.157. The maximum atomic E-state index is 14.5. The largest absolute Gasteiger partial charge is 0.497 e. The van der Waals surface area contributed by atoms with Crippen molar-refractivity contribution in [1.82, 2.24) is 9.96 Å². The summed E-state index contributed by atoms with van der Waals surface area (Å²) in [6, 6.07) is 12.9. The summed E-state index contributed by atoms with van der Waals surface area (Å²) < 4.78 is 24.6. The summed E-state index contributed by atoms with van der Waals surface area (Å²) in [5, 5.41) is 0.730. The summed E-state index contributed by atoms with van der Waals surface area (Å²) in [6.07, 6.45) is 1.94. The van der Waals surface area contributed by atoms with Gasteiger partial charge in [0.05, 0.1) is 7.11 Å². The summed E-state index contributed by atoms with van der Waals surface area (Å²) >= 11 is 0. The van der Waals surface area contributed by atoms with Gasteiger partial charge in [0.1, 0.15) is 23.3 Å². The van der Waals surface area contributed by atoms with Gasteiger partial charge in [-0.2, -0.15) is 0 Å². The highest BCUT2D eigenvalue weighted by atomic mass is 19.1. The zero-order chi connectivity index (χ0) is 24.0. The maximum absolute atomic E-state index is 14.5. The molecular formula is C25H29FN2O5. The number of methoxy groups -OCH3 is 2. The minimum Gasteiger partial charge on any atom is -0.497 e. The van der Waals surface area contributed by atoms with E-state index in [1.54, 1.807) is 30.2 Å². The number of amides is 2. The van der Waals surface area contributed by atoms with Gasteiger partial charge in [0, 0.05) is 19.2 Å². The molecule has 1 aliphatic rings. The summed E-state index contributed by atoms with van der Waals surface area (Å²) in [5.41, 5.74) is 1.28. The molecule has 176 valence electrons. The van der Waals surface area contributed by atoms with E-state index in [2.05, 4.69) is 0 Å². The van der Waals surface area contributed by atoms with E-state index < -0.39 is 23.7 Å². The van der Waals surface area contributed by atoms with Crippen molar-refractivity contribution in [2.45, 2.75) is 32.9 Å². The van der Waals surface area contributed by atoms with Crippen molar-refractivity contribution < 1.29 is 28.3 Å². The standard InChI is InChI=1S/C25H29FN2O5/c1-17(2)13-22-24(29)28(33-16-31-3)25(30)23(14-19-7-5-6-8-21(19)26)27(22)15-18-9-11-20(32-4)12-10-18/h5-12,14,17,22H,13,15-16H2,1-4H3/b23-14-/t22-/m0/s1. The fourth-order valence-corrected chi connectivity index (χ4v) is 3.67. The zero-order valence-corrected chi connectivity index (χ0v) is 19.3. The van der Waals surface area contributed by atoms with E-state index in [1.807, 2.05) is 38.1 Å². The molecule has 8 heteroatoms. The highest BCUT2D eigenvalue weighted by Crippen LogP contribution is 2.30. The smallest absolute Gasteiger partial charge is 0.301 e. The number of hydrogen-bond donors (Lipinski definition) is 0. The number of nitrogens with zero attached hydrogens (tertiary/aromatic N) is 2. The van der Waals surface area contributed by atoms with Gasteiger partial charge >= 0.3 is 5.91 Å². The molecule has 1 saturated heterocycles. The lowest BCUT2D eigenvalue weighted by molar-refractivity contribution is -0.226. The molecule has 0 spiro atoms. The second-order valence-corrected chi connectivity index (χ2v) is 8.15.